The van der Waals surface area contributed by atoms with Crippen molar-refractivity contribution in [1.82, 2.24) is 0 Å². The molecule has 1 rings (SSSR count). The summed E-state index contributed by atoms with van der Waals surface area (Å²) in [5.74, 6) is 0.158. The maximum Gasteiger partial charge on any atom is 0.163 e. The summed E-state index contributed by atoms with van der Waals surface area (Å²) in [6.07, 6.45) is 0.530. The first-order valence-electron chi connectivity index (χ1n) is 4.00. The summed E-state index contributed by atoms with van der Waals surface area (Å²) in [6.45, 7) is 1.90. The zero-order valence-corrected chi connectivity index (χ0v) is 9.65. The van der Waals surface area contributed by atoms with Crippen molar-refractivity contribution in [1.29, 1.82) is 0 Å². The average Bonchev–Trinajstić information content (AvgIpc) is 2.04. The number of ketones is 1. The minimum absolute atomic E-state index is 0.158. The van der Waals surface area contributed by atoms with Gasteiger partial charge in [0.25, 0.3) is 0 Å². The molecule has 0 aliphatic heterocycles. The standard InChI is InChI=1S/C10H10BrClO/c1-7-6-8(12)2-3-9(7)10(13)4-5-11/h2-3,6H,4-5H2,1H3. The summed E-state index contributed by atoms with van der Waals surface area (Å²) in [6, 6.07) is 5.34. The van der Waals surface area contributed by atoms with Gasteiger partial charge in [0.2, 0.25) is 0 Å². The molecule has 0 atom stereocenters. The predicted octanol–water partition coefficient (Wildman–Crippen LogP) is 3.62. The number of rotatable bonds is 3. The number of halogens is 2. The summed E-state index contributed by atoms with van der Waals surface area (Å²) in [5.41, 5.74) is 1.71. The van der Waals surface area contributed by atoms with Crippen molar-refractivity contribution in [3.63, 3.8) is 0 Å². The van der Waals surface area contributed by atoms with Crippen LogP contribution in [0.1, 0.15) is 22.3 Å². The van der Waals surface area contributed by atoms with Gasteiger partial charge in [0.15, 0.2) is 5.78 Å². The number of alkyl halides is 1. The lowest BCUT2D eigenvalue weighted by Gasteiger charge is -2.03. The lowest BCUT2D eigenvalue weighted by Crippen LogP contribution is -2.01. The molecule has 0 amide bonds. The third kappa shape index (κ3) is 2.82. The Morgan fingerprint density at radius 3 is 2.77 bits per heavy atom. The number of carbonyl (C=O) groups excluding carboxylic acids is 1. The highest BCUT2D eigenvalue weighted by molar-refractivity contribution is 9.09. The van der Waals surface area contributed by atoms with Gasteiger partial charge in [0.1, 0.15) is 0 Å². The van der Waals surface area contributed by atoms with Crippen LogP contribution in [0.4, 0.5) is 0 Å². The molecule has 70 valence electrons. The zero-order chi connectivity index (χ0) is 9.84. The number of hydrogen-bond acceptors (Lipinski definition) is 1. The Kier molecular flexibility index (Phi) is 3.94. The van der Waals surface area contributed by atoms with Crippen LogP contribution >= 0.6 is 27.5 Å². The Morgan fingerprint density at radius 1 is 1.54 bits per heavy atom. The van der Waals surface area contributed by atoms with Crippen molar-refractivity contribution in [2.75, 3.05) is 5.33 Å². The third-order valence-corrected chi connectivity index (χ3v) is 2.44. The van der Waals surface area contributed by atoms with Gasteiger partial charge < -0.3 is 0 Å². The van der Waals surface area contributed by atoms with Gasteiger partial charge >= 0.3 is 0 Å². The quantitative estimate of drug-likeness (QED) is 0.600. The molecular formula is C10H10BrClO. The van der Waals surface area contributed by atoms with Gasteiger partial charge in [0.05, 0.1) is 0 Å². The Balaban J connectivity index is 2.95. The number of carbonyl (C=O) groups is 1. The fourth-order valence-electron chi connectivity index (χ4n) is 1.16. The highest BCUT2D eigenvalue weighted by Gasteiger charge is 2.07. The summed E-state index contributed by atoms with van der Waals surface area (Å²) < 4.78 is 0. The molecule has 0 aliphatic rings. The predicted molar refractivity (Wildman–Crippen MR) is 58.9 cm³/mol. The SMILES string of the molecule is Cc1cc(Cl)ccc1C(=O)CCBr. The van der Waals surface area contributed by atoms with E-state index in [2.05, 4.69) is 15.9 Å². The van der Waals surface area contributed by atoms with Gasteiger partial charge in [-0.1, -0.05) is 27.5 Å². The number of aryl methyl sites for hydroxylation is 1. The third-order valence-electron chi connectivity index (χ3n) is 1.81. The summed E-state index contributed by atoms with van der Waals surface area (Å²) in [5, 5.41) is 1.38. The maximum absolute atomic E-state index is 11.5. The van der Waals surface area contributed by atoms with Crippen LogP contribution in [0.15, 0.2) is 18.2 Å². The summed E-state index contributed by atoms with van der Waals surface area (Å²) in [4.78, 5) is 11.5. The number of benzene rings is 1. The Hall–Kier alpha value is -0.340. The Bertz CT molecular complexity index is 323. The molecule has 0 spiro atoms. The van der Waals surface area contributed by atoms with E-state index in [1.54, 1.807) is 12.1 Å². The minimum Gasteiger partial charge on any atom is -0.294 e. The van der Waals surface area contributed by atoms with Crippen molar-refractivity contribution in [3.8, 4) is 0 Å². The molecule has 0 heterocycles. The summed E-state index contributed by atoms with van der Waals surface area (Å²) in [7, 11) is 0. The van der Waals surface area contributed by atoms with Gasteiger partial charge in [-0.25, -0.2) is 0 Å². The first-order chi connectivity index (χ1) is 6.15. The van der Waals surface area contributed by atoms with Crippen LogP contribution in [0.2, 0.25) is 5.02 Å². The molecule has 1 nitrogen and oxygen atoms in total. The van der Waals surface area contributed by atoms with Gasteiger partial charge in [-0.3, -0.25) is 4.79 Å². The van der Waals surface area contributed by atoms with Crippen molar-refractivity contribution < 1.29 is 4.79 Å². The molecule has 0 saturated carbocycles. The van der Waals surface area contributed by atoms with E-state index < -0.39 is 0 Å². The van der Waals surface area contributed by atoms with Gasteiger partial charge in [-0.05, 0) is 30.7 Å². The van der Waals surface area contributed by atoms with Crippen LogP contribution in [0.25, 0.3) is 0 Å². The minimum atomic E-state index is 0.158. The molecular weight excluding hydrogens is 251 g/mol. The van der Waals surface area contributed by atoms with E-state index in [0.717, 1.165) is 11.1 Å². The average molecular weight is 262 g/mol. The van der Waals surface area contributed by atoms with E-state index in [1.165, 1.54) is 0 Å². The van der Waals surface area contributed by atoms with E-state index in [9.17, 15) is 4.79 Å². The molecule has 0 fully saturated rings. The second kappa shape index (κ2) is 4.77. The molecule has 0 aromatic heterocycles. The van der Waals surface area contributed by atoms with Crippen LogP contribution in [0.3, 0.4) is 0 Å². The molecule has 0 unspecified atom stereocenters. The molecule has 0 saturated heterocycles. The second-order valence-electron chi connectivity index (χ2n) is 2.82. The largest absolute Gasteiger partial charge is 0.294 e. The van der Waals surface area contributed by atoms with E-state index in [4.69, 9.17) is 11.6 Å². The van der Waals surface area contributed by atoms with Gasteiger partial charge in [0, 0.05) is 22.3 Å². The lowest BCUT2D eigenvalue weighted by atomic mass is 10.0. The highest BCUT2D eigenvalue weighted by Crippen LogP contribution is 2.16. The molecule has 3 heteroatoms. The molecule has 0 N–H and O–H groups in total. The smallest absolute Gasteiger partial charge is 0.163 e. The Labute approximate surface area is 91.2 Å². The van der Waals surface area contributed by atoms with E-state index in [-0.39, 0.29) is 5.78 Å². The first-order valence-corrected chi connectivity index (χ1v) is 5.50. The van der Waals surface area contributed by atoms with Crippen molar-refractivity contribution in [3.05, 3.63) is 34.3 Å². The van der Waals surface area contributed by atoms with Crippen LogP contribution in [0.5, 0.6) is 0 Å². The van der Waals surface area contributed by atoms with E-state index >= 15 is 0 Å². The summed E-state index contributed by atoms with van der Waals surface area (Å²) >= 11 is 9.02. The van der Waals surface area contributed by atoms with Gasteiger partial charge in [-0.15, -0.1) is 0 Å². The fraction of sp³-hybridized carbons (Fsp3) is 0.300. The van der Waals surface area contributed by atoms with Crippen molar-refractivity contribution in [2.45, 2.75) is 13.3 Å². The fourth-order valence-corrected chi connectivity index (χ4v) is 1.75. The zero-order valence-electron chi connectivity index (χ0n) is 7.31. The molecule has 1 aromatic rings. The van der Waals surface area contributed by atoms with E-state index in [0.29, 0.717) is 16.8 Å². The van der Waals surface area contributed by atoms with E-state index in [1.807, 2.05) is 13.0 Å². The molecule has 0 bridgehead atoms. The molecule has 0 aliphatic carbocycles. The maximum atomic E-state index is 11.5. The van der Waals surface area contributed by atoms with Crippen LogP contribution < -0.4 is 0 Å². The molecule has 0 radical (unpaired) electrons. The monoisotopic (exact) mass is 260 g/mol. The van der Waals surface area contributed by atoms with Gasteiger partial charge in [-0.2, -0.15) is 0 Å². The normalized spacial score (nSPS) is 10.1. The van der Waals surface area contributed by atoms with Crippen LogP contribution in [-0.2, 0) is 0 Å². The molecule has 1 aromatic carbocycles. The number of hydrogen-bond donors (Lipinski definition) is 0. The topological polar surface area (TPSA) is 17.1 Å². The van der Waals surface area contributed by atoms with Crippen LogP contribution in [-0.4, -0.2) is 11.1 Å². The van der Waals surface area contributed by atoms with Crippen molar-refractivity contribution >= 4 is 33.3 Å². The number of Topliss-reactive ketones (excluding diaryl/α,β-unsaturated/α-hetero) is 1. The van der Waals surface area contributed by atoms with Crippen molar-refractivity contribution in [2.24, 2.45) is 0 Å². The highest BCUT2D eigenvalue weighted by atomic mass is 79.9. The second-order valence-corrected chi connectivity index (χ2v) is 4.05. The van der Waals surface area contributed by atoms with Crippen LogP contribution in [0, 0.1) is 6.92 Å². The first kappa shape index (κ1) is 10.7. The Morgan fingerprint density at radius 2 is 2.23 bits per heavy atom. The molecule has 13 heavy (non-hydrogen) atoms. The lowest BCUT2D eigenvalue weighted by molar-refractivity contribution is 0.0989.